The highest BCUT2D eigenvalue weighted by Gasteiger charge is 2.29. The first-order valence-corrected chi connectivity index (χ1v) is 10.2. The molecule has 2 aliphatic heterocycles. The predicted octanol–water partition coefficient (Wildman–Crippen LogP) is 1.78. The summed E-state index contributed by atoms with van der Waals surface area (Å²) in [4.78, 5) is 45.7. The van der Waals surface area contributed by atoms with Gasteiger partial charge in [0.25, 0.3) is 5.56 Å². The zero-order valence-electron chi connectivity index (χ0n) is 16.5. The molecule has 0 bridgehead atoms. The van der Waals surface area contributed by atoms with Gasteiger partial charge in [0.2, 0.25) is 11.8 Å². The highest BCUT2D eigenvalue weighted by molar-refractivity contribution is 5.76. The number of rotatable bonds is 3. The number of carbonyl (C=O) groups excluding carboxylic acids is 2. The Kier molecular flexibility index (Phi) is 4.95. The standard InChI is InChI=1S/C20H27N5O3/c1-3-6-19(27)23-10-8-15-14(12-23)20(28)25-18(21-15)11-16(22-25)17-7-4-5-9-24(17)13(2)26/h11,17,22H,3-10,12H2,1-2H3/t17-/m1/s1. The van der Waals surface area contributed by atoms with Gasteiger partial charge in [-0.3, -0.25) is 19.5 Å². The molecule has 1 fully saturated rings. The van der Waals surface area contributed by atoms with Gasteiger partial charge >= 0.3 is 0 Å². The lowest BCUT2D eigenvalue weighted by atomic mass is 9.99. The van der Waals surface area contributed by atoms with Crippen molar-refractivity contribution >= 4 is 17.5 Å². The molecule has 4 heterocycles. The summed E-state index contributed by atoms with van der Waals surface area (Å²) in [5.74, 6) is 0.136. The highest BCUT2D eigenvalue weighted by Crippen LogP contribution is 2.30. The van der Waals surface area contributed by atoms with Crippen LogP contribution in [0.1, 0.15) is 68.9 Å². The van der Waals surface area contributed by atoms with Gasteiger partial charge in [0, 0.05) is 38.9 Å². The molecule has 0 saturated carbocycles. The summed E-state index contributed by atoms with van der Waals surface area (Å²) >= 11 is 0. The fourth-order valence-electron chi connectivity index (χ4n) is 4.39. The molecule has 2 aromatic rings. The van der Waals surface area contributed by atoms with Crippen LogP contribution in [-0.4, -0.2) is 49.3 Å². The average molecular weight is 385 g/mol. The summed E-state index contributed by atoms with van der Waals surface area (Å²) in [5, 5.41) is 3.18. The Bertz CT molecular complexity index is 976. The molecule has 0 aliphatic carbocycles. The van der Waals surface area contributed by atoms with Crippen LogP contribution in [0.5, 0.6) is 0 Å². The Morgan fingerprint density at radius 3 is 2.86 bits per heavy atom. The minimum absolute atomic E-state index is 0.0491. The van der Waals surface area contributed by atoms with Crippen molar-refractivity contribution in [3.8, 4) is 0 Å². The molecule has 4 rings (SSSR count). The van der Waals surface area contributed by atoms with Crippen molar-refractivity contribution < 1.29 is 9.59 Å². The maximum absolute atomic E-state index is 13.1. The first kappa shape index (κ1) is 18.7. The Hall–Kier alpha value is -2.64. The molecule has 0 unspecified atom stereocenters. The number of hydrogen-bond donors (Lipinski definition) is 1. The highest BCUT2D eigenvalue weighted by atomic mass is 16.2. The number of aromatic amines is 1. The summed E-state index contributed by atoms with van der Waals surface area (Å²) in [6.07, 6.45) is 4.83. The molecule has 0 spiro atoms. The number of carbonyl (C=O) groups is 2. The third-order valence-electron chi connectivity index (χ3n) is 5.86. The molecule has 8 heteroatoms. The summed E-state index contributed by atoms with van der Waals surface area (Å²) in [6.45, 7) is 5.23. The van der Waals surface area contributed by atoms with Gasteiger partial charge in [-0.1, -0.05) is 6.92 Å². The second kappa shape index (κ2) is 7.41. The molecule has 8 nitrogen and oxygen atoms in total. The fourth-order valence-corrected chi connectivity index (χ4v) is 4.39. The monoisotopic (exact) mass is 385 g/mol. The summed E-state index contributed by atoms with van der Waals surface area (Å²) in [6, 6.07) is 1.84. The van der Waals surface area contributed by atoms with Crippen molar-refractivity contribution in [3.63, 3.8) is 0 Å². The van der Waals surface area contributed by atoms with Gasteiger partial charge in [0.05, 0.1) is 29.5 Å². The van der Waals surface area contributed by atoms with Crippen LogP contribution in [0.2, 0.25) is 0 Å². The van der Waals surface area contributed by atoms with E-state index in [1.807, 2.05) is 17.9 Å². The number of nitrogens with zero attached hydrogens (tertiary/aromatic N) is 4. The van der Waals surface area contributed by atoms with Crippen LogP contribution in [0.25, 0.3) is 5.65 Å². The molecular weight excluding hydrogens is 358 g/mol. The lowest BCUT2D eigenvalue weighted by Gasteiger charge is -2.34. The summed E-state index contributed by atoms with van der Waals surface area (Å²) in [5.41, 5.74) is 2.66. The molecule has 2 aliphatic rings. The van der Waals surface area contributed by atoms with E-state index in [1.54, 1.807) is 11.8 Å². The Morgan fingerprint density at radius 1 is 1.29 bits per heavy atom. The van der Waals surface area contributed by atoms with Crippen LogP contribution in [0, 0.1) is 0 Å². The van der Waals surface area contributed by atoms with Crippen molar-refractivity contribution in [1.29, 1.82) is 0 Å². The largest absolute Gasteiger partial charge is 0.338 e. The zero-order chi connectivity index (χ0) is 19.8. The van der Waals surface area contributed by atoms with E-state index >= 15 is 0 Å². The Balaban J connectivity index is 1.70. The molecule has 28 heavy (non-hydrogen) atoms. The Morgan fingerprint density at radius 2 is 2.11 bits per heavy atom. The number of H-pyrrole nitrogens is 1. The van der Waals surface area contributed by atoms with Gasteiger partial charge < -0.3 is 9.80 Å². The first-order chi connectivity index (χ1) is 13.5. The van der Waals surface area contributed by atoms with Crippen molar-refractivity contribution in [2.45, 2.75) is 65.0 Å². The zero-order valence-corrected chi connectivity index (χ0v) is 16.5. The van der Waals surface area contributed by atoms with Gasteiger partial charge in [-0.05, 0) is 25.7 Å². The SMILES string of the molecule is CCCC(=O)N1CCc2nc3cc([C@H]4CCCCN4C(C)=O)[nH]n3c(=O)c2C1. The molecule has 0 aromatic carbocycles. The first-order valence-electron chi connectivity index (χ1n) is 10.2. The summed E-state index contributed by atoms with van der Waals surface area (Å²) < 4.78 is 1.47. The predicted molar refractivity (Wildman–Crippen MR) is 104 cm³/mol. The third kappa shape index (κ3) is 3.21. The second-order valence-electron chi connectivity index (χ2n) is 7.79. The van der Waals surface area contributed by atoms with E-state index in [-0.39, 0.29) is 23.4 Å². The second-order valence-corrected chi connectivity index (χ2v) is 7.79. The number of amides is 2. The third-order valence-corrected chi connectivity index (χ3v) is 5.86. The smallest absolute Gasteiger partial charge is 0.277 e. The molecule has 2 amide bonds. The topological polar surface area (TPSA) is 90.8 Å². The number of fused-ring (bicyclic) bond motifs is 2. The molecule has 1 N–H and O–H groups in total. The van der Waals surface area contributed by atoms with E-state index in [4.69, 9.17) is 4.98 Å². The number of aromatic nitrogens is 3. The minimum Gasteiger partial charge on any atom is -0.338 e. The normalized spacial score (nSPS) is 19.7. The van der Waals surface area contributed by atoms with Gasteiger partial charge in [-0.2, -0.15) is 0 Å². The Labute approximate surface area is 163 Å². The van der Waals surface area contributed by atoms with Crippen molar-refractivity contribution in [2.75, 3.05) is 13.1 Å². The number of nitrogens with one attached hydrogen (secondary N) is 1. The van der Waals surface area contributed by atoms with E-state index in [2.05, 4.69) is 5.10 Å². The van der Waals surface area contributed by atoms with E-state index < -0.39 is 0 Å². The van der Waals surface area contributed by atoms with Crippen LogP contribution < -0.4 is 5.56 Å². The summed E-state index contributed by atoms with van der Waals surface area (Å²) in [7, 11) is 0. The van der Waals surface area contributed by atoms with Crippen LogP contribution in [-0.2, 0) is 22.6 Å². The number of hydrogen-bond acceptors (Lipinski definition) is 4. The van der Waals surface area contributed by atoms with Crippen LogP contribution >= 0.6 is 0 Å². The van der Waals surface area contributed by atoms with Crippen molar-refractivity contribution in [2.24, 2.45) is 0 Å². The number of piperidine rings is 1. The average Bonchev–Trinajstić information content (AvgIpc) is 3.12. The lowest BCUT2D eigenvalue weighted by molar-refractivity contribution is -0.133. The molecular formula is C20H27N5O3. The van der Waals surface area contributed by atoms with Gasteiger partial charge in [-0.25, -0.2) is 9.50 Å². The van der Waals surface area contributed by atoms with E-state index in [0.29, 0.717) is 37.1 Å². The van der Waals surface area contributed by atoms with Crippen molar-refractivity contribution in [1.82, 2.24) is 24.4 Å². The van der Waals surface area contributed by atoms with E-state index in [9.17, 15) is 14.4 Å². The quantitative estimate of drug-likeness (QED) is 0.872. The van der Waals surface area contributed by atoms with Crippen LogP contribution in [0.4, 0.5) is 0 Å². The van der Waals surface area contributed by atoms with Crippen LogP contribution in [0.15, 0.2) is 10.9 Å². The van der Waals surface area contributed by atoms with Gasteiger partial charge in [0.1, 0.15) is 0 Å². The number of likely N-dealkylation sites (tertiary alicyclic amines) is 1. The fraction of sp³-hybridized carbons (Fsp3) is 0.600. The maximum atomic E-state index is 13.1. The maximum Gasteiger partial charge on any atom is 0.277 e. The van der Waals surface area contributed by atoms with E-state index in [1.165, 1.54) is 4.52 Å². The molecule has 1 saturated heterocycles. The van der Waals surface area contributed by atoms with Gasteiger partial charge in [-0.15, -0.1) is 0 Å². The van der Waals surface area contributed by atoms with E-state index in [0.717, 1.165) is 43.6 Å². The minimum atomic E-state index is -0.148. The van der Waals surface area contributed by atoms with Gasteiger partial charge in [0.15, 0.2) is 5.65 Å². The molecule has 0 radical (unpaired) electrons. The lowest BCUT2D eigenvalue weighted by Crippen LogP contribution is -2.40. The molecule has 2 aromatic heterocycles. The molecule has 1 atom stereocenters. The van der Waals surface area contributed by atoms with Crippen molar-refractivity contribution in [3.05, 3.63) is 33.4 Å². The van der Waals surface area contributed by atoms with Crippen LogP contribution in [0.3, 0.4) is 0 Å². The molecule has 150 valence electrons.